The van der Waals surface area contributed by atoms with E-state index in [0.29, 0.717) is 18.8 Å². The predicted molar refractivity (Wildman–Crippen MR) is 65.6 cm³/mol. The van der Waals surface area contributed by atoms with Gasteiger partial charge in [-0.2, -0.15) is 0 Å². The zero-order valence-corrected chi connectivity index (χ0v) is 10.7. The van der Waals surface area contributed by atoms with E-state index in [9.17, 15) is 9.59 Å². The van der Waals surface area contributed by atoms with Gasteiger partial charge in [-0.05, 0) is 26.2 Å². The number of carbonyl (C=O) groups excluding carboxylic acids is 2. The fraction of sp³-hybridized carbons (Fsp3) is 0.571. The summed E-state index contributed by atoms with van der Waals surface area (Å²) in [5, 5.41) is 0. The quantitative estimate of drug-likeness (QED) is 0.564. The number of rotatable bonds is 4. The van der Waals surface area contributed by atoms with Crippen molar-refractivity contribution in [2.45, 2.75) is 20.3 Å². The van der Waals surface area contributed by atoms with E-state index in [1.54, 1.807) is 19.9 Å². The second-order valence-corrected chi connectivity index (χ2v) is 4.51. The van der Waals surface area contributed by atoms with Crippen molar-refractivity contribution in [3.05, 3.63) is 23.8 Å². The van der Waals surface area contributed by atoms with Crippen molar-refractivity contribution >= 4 is 11.9 Å². The molecule has 2 rings (SSSR count). The minimum absolute atomic E-state index is 0.0970. The topological polar surface area (TPSA) is 52.6 Å². The van der Waals surface area contributed by atoms with Crippen LogP contribution in [0.5, 0.6) is 0 Å². The molecule has 0 aliphatic heterocycles. The van der Waals surface area contributed by atoms with E-state index in [2.05, 4.69) is 0 Å². The van der Waals surface area contributed by atoms with Gasteiger partial charge in [0.25, 0.3) is 0 Å². The Balaban J connectivity index is 2.21. The third-order valence-corrected chi connectivity index (χ3v) is 3.41. The third-order valence-electron chi connectivity index (χ3n) is 3.41. The molecule has 2 aliphatic carbocycles. The largest absolute Gasteiger partial charge is 0.466 e. The molecule has 0 saturated heterocycles. The molecule has 0 aromatic carbocycles. The molecule has 0 saturated carbocycles. The molecule has 4 heteroatoms. The summed E-state index contributed by atoms with van der Waals surface area (Å²) in [6.45, 7) is 4.26. The Hall–Kier alpha value is -1.58. The number of esters is 2. The van der Waals surface area contributed by atoms with E-state index in [0.717, 1.165) is 6.42 Å². The van der Waals surface area contributed by atoms with Gasteiger partial charge in [-0.15, -0.1) is 0 Å². The van der Waals surface area contributed by atoms with Gasteiger partial charge in [-0.3, -0.25) is 4.79 Å². The van der Waals surface area contributed by atoms with Gasteiger partial charge in [-0.25, -0.2) is 4.79 Å². The molecule has 2 aliphatic rings. The second-order valence-electron chi connectivity index (χ2n) is 4.51. The molecule has 0 aromatic rings. The highest BCUT2D eigenvalue weighted by atomic mass is 16.5. The van der Waals surface area contributed by atoms with Crippen LogP contribution in [0.15, 0.2) is 23.8 Å². The fourth-order valence-corrected chi connectivity index (χ4v) is 2.58. The lowest BCUT2D eigenvalue weighted by atomic mass is 9.80. The van der Waals surface area contributed by atoms with Gasteiger partial charge in [0, 0.05) is 11.5 Å². The van der Waals surface area contributed by atoms with Gasteiger partial charge in [0.1, 0.15) is 0 Å². The molecular weight excluding hydrogens is 232 g/mol. The zero-order valence-electron chi connectivity index (χ0n) is 10.7. The van der Waals surface area contributed by atoms with Crippen LogP contribution >= 0.6 is 0 Å². The smallest absolute Gasteiger partial charge is 0.334 e. The minimum Gasteiger partial charge on any atom is -0.466 e. The Bertz CT molecular complexity index is 408. The number of hydrogen-bond acceptors (Lipinski definition) is 4. The average Bonchev–Trinajstić information content (AvgIpc) is 2.74. The van der Waals surface area contributed by atoms with Crippen LogP contribution in [0, 0.1) is 17.8 Å². The molecule has 4 nitrogen and oxygen atoms in total. The monoisotopic (exact) mass is 250 g/mol. The maximum absolute atomic E-state index is 11.9. The maximum atomic E-state index is 11.9. The lowest BCUT2D eigenvalue weighted by molar-refractivity contribution is -0.147. The van der Waals surface area contributed by atoms with Crippen molar-refractivity contribution < 1.29 is 19.1 Å². The molecule has 0 N–H and O–H groups in total. The number of allylic oxidation sites excluding steroid dienone is 2. The molecule has 0 aromatic heterocycles. The summed E-state index contributed by atoms with van der Waals surface area (Å²) in [4.78, 5) is 23.7. The molecule has 3 atom stereocenters. The highest BCUT2D eigenvalue weighted by molar-refractivity contribution is 5.91. The van der Waals surface area contributed by atoms with Crippen molar-refractivity contribution in [1.29, 1.82) is 0 Å². The van der Waals surface area contributed by atoms with Crippen LogP contribution in [0.25, 0.3) is 0 Å². The Kier molecular flexibility index (Phi) is 3.84. The van der Waals surface area contributed by atoms with Gasteiger partial charge in [0.15, 0.2) is 0 Å². The van der Waals surface area contributed by atoms with Crippen molar-refractivity contribution in [1.82, 2.24) is 0 Å². The highest BCUT2D eigenvalue weighted by Crippen LogP contribution is 2.41. The zero-order chi connectivity index (χ0) is 13.1. The summed E-state index contributed by atoms with van der Waals surface area (Å²) in [7, 11) is 0. The van der Waals surface area contributed by atoms with Crippen LogP contribution in [0.3, 0.4) is 0 Å². The lowest BCUT2D eigenvalue weighted by Gasteiger charge is -2.25. The summed E-state index contributed by atoms with van der Waals surface area (Å²) in [6, 6.07) is 0. The second kappa shape index (κ2) is 5.38. The Morgan fingerprint density at radius 3 is 2.61 bits per heavy atom. The Labute approximate surface area is 107 Å². The number of fused-ring (bicyclic) bond motifs is 2. The van der Waals surface area contributed by atoms with E-state index >= 15 is 0 Å². The molecule has 3 unspecified atom stereocenters. The van der Waals surface area contributed by atoms with Crippen LogP contribution in [-0.4, -0.2) is 25.2 Å². The number of hydrogen-bond donors (Lipinski definition) is 0. The maximum Gasteiger partial charge on any atom is 0.334 e. The van der Waals surface area contributed by atoms with Crippen LogP contribution < -0.4 is 0 Å². The summed E-state index contributed by atoms with van der Waals surface area (Å²) >= 11 is 0. The number of carbonyl (C=O) groups is 2. The summed E-state index contributed by atoms with van der Waals surface area (Å²) in [6.07, 6.45) is 6.53. The summed E-state index contributed by atoms with van der Waals surface area (Å²) < 4.78 is 10.1. The standard InChI is InChI=1S/C14H18O4/c1-3-17-13(15)11-8-12(14(16)18-4-2)10-6-5-9(11)7-10/h5-6,8-11H,3-4,7H2,1-2H3. The predicted octanol–water partition coefficient (Wildman–Crippen LogP) is 1.86. The fourth-order valence-electron chi connectivity index (χ4n) is 2.58. The molecular formula is C14H18O4. The first-order valence-electron chi connectivity index (χ1n) is 6.41. The van der Waals surface area contributed by atoms with E-state index in [1.165, 1.54) is 0 Å². The average molecular weight is 250 g/mol. The molecule has 0 amide bonds. The first-order chi connectivity index (χ1) is 8.67. The molecule has 0 radical (unpaired) electrons. The van der Waals surface area contributed by atoms with E-state index in [4.69, 9.17) is 9.47 Å². The van der Waals surface area contributed by atoms with Crippen LogP contribution in [-0.2, 0) is 19.1 Å². The first kappa shape index (κ1) is 12.9. The Morgan fingerprint density at radius 2 is 1.94 bits per heavy atom. The van der Waals surface area contributed by atoms with Crippen molar-refractivity contribution in [2.75, 3.05) is 13.2 Å². The molecule has 2 bridgehead atoms. The first-order valence-corrected chi connectivity index (χ1v) is 6.41. The van der Waals surface area contributed by atoms with Gasteiger partial charge >= 0.3 is 11.9 Å². The van der Waals surface area contributed by atoms with Crippen molar-refractivity contribution in [3.8, 4) is 0 Å². The molecule has 98 valence electrons. The number of ether oxygens (including phenoxy) is 2. The van der Waals surface area contributed by atoms with Crippen molar-refractivity contribution in [2.24, 2.45) is 17.8 Å². The lowest BCUT2D eigenvalue weighted by Crippen LogP contribution is -2.29. The Morgan fingerprint density at radius 1 is 1.22 bits per heavy atom. The normalized spacial score (nSPS) is 28.8. The van der Waals surface area contributed by atoms with Crippen LogP contribution in [0.4, 0.5) is 0 Å². The van der Waals surface area contributed by atoms with E-state index < -0.39 is 0 Å². The molecule has 0 spiro atoms. The molecule has 18 heavy (non-hydrogen) atoms. The van der Waals surface area contributed by atoms with Crippen LogP contribution in [0.1, 0.15) is 20.3 Å². The molecule has 0 fully saturated rings. The summed E-state index contributed by atoms with van der Waals surface area (Å²) in [5.74, 6) is -0.664. The van der Waals surface area contributed by atoms with E-state index in [1.807, 2.05) is 12.2 Å². The van der Waals surface area contributed by atoms with Gasteiger partial charge in [-0.1, -0.05) is 18.2 Å². The van der Waals surface area contributed by atoms with Gasteiger partial charge < -0.3 is 9.47 Å². The summed E-state index contributed by atoms with van der Waals surface area (Å²) in [5.41, 5.74) is 0.597. The van der Waals surface area contributed by atoms with Crippen LogP contribution in [0.2, 0.25) is 0 Å². The highest BCUT2D eigenvalue weighted by Gasteiger charge is 2.39. The van der Waals surface area contributed by atoms with Gasteiger partial charge in [0.05, 0.1) is 19.1 Å². The van der Waals surface area contributed by atoms with Crippen molar-refractivity contribution in [3.63, 3.8) is 0 Å². The SMILES string of the molecule is CCOC(=O)C1=CC(C(=O)OCC)C2C=CC1C2. The third kappa shape index (κ3) is 2.33. The molecule has 0 heterocycles. The van der Waals surface area contributed by atoms with E-state index in [-0.39, 0.29) is 29.7 Å². The van der Waals surface area contributed by atoms with Gasteiger partial charge in [0.2, 0.25) is 0 Å². The minimum atomic E-state index is -0.348.